The van der Waals surface area contributed by atoms with Crippen molar-refractivity contribution in [2.24, 2.45) is 5.41 Å². The number of piperidine rings is 1. The number of esters is 1. The smallest absolute Gasteiger partial charge is 0.321 e. The number of pyridine rings is 1. The second-order valence-electron chi connectivity index (χ2n) is 9.50. The number of aliphatic hydroxyl groups is 1. The van der Waals surface area contributed by atoms with Crippen molar-refractivity contribution in [1.82, 2.24) is 25.3 Å². The highest BCUT2D eigenvalue weighted by atomic mass is 32.1. The van der Waals surface area contributed by atoms with Gasteiger partial charge in [-0.05, 0) is 50.1 Å². The standard InChI is InChI=1S/C27H29N7O4S/c1-4-28-25(37)33-26-32-20-12-16(11-18(22(20)39-26)19-7-5-6-9-29-19)17-13-30-24(31-14-17)34-10-8-21(35)27(2,15-34)23(36)38-3/h5-7,9,11-14,21,35H,4,8,10,15H2,1-3H3,(H2,28,32,33,37). The fraction of sp³-hybridized carbons (Fsp3) is 0.333. The highest BCUT2D eigenvalue weighted by molar-refractivity contribution is 7.22. The minimum Gasteiger partial charge on any atom is -0.468 e. The summed E-state index contributed by atoms with van der Waals surface area (Å²) in [6.45, 7) is 4.82. The van der Waals surface area contributed by atoms with Gasteiger partial charge in [0.05, 0.1) is 29.1 Å². The van der Waals surface area contributed by atoms with E-state index >= 15 is 0 Å². The first-order chi connectivity index (χ1) is 18.8. The number of aromatic nitrogens is 4. The van der Waals surface area contributed by atoms with Crippen molar-refractivity contribution in [3.63, 3.8) is 0 Å². The Kier molecular flexibility index (Phi) is 7.40. The Balaban J connectivity index is 1.48. The van der Waals surface area contributed by atoms with Crippen molar-refractivity contribution in [2.45, 2.75) is 26.4 Å². The summed E-state index contributed by atoms with van der Waals surface area (Å²) in [6.07, 6.45) is 4.79. The Morgan fingerprint density at radius 1 is 1.21 bits per heavy atom. The highest BCUT2D eigenvalue weighted by Crippen LogP contribution is 2.38. The predicted octanol–water partition coefficient (Wildman–Crippen LogP) is 3.71. The Morgan fingerprint density at radius 3 is 2.69 bits per heavy atom. The zero-order chi connectivity index (χ0) is 27.6. The molecule has 0 bridgehead atoms. The Hall–Kier alpha value is -4.16. The number of carbonyl (C=O) groups is 2. The third kappa shape index (κ3) is 5.25. The minimum atomic E-state index is -1.07. The van der Waals surface area contributed by atoms with Crippen molar-refractivity contribution in [1.29, 1.82) is 0 Å². The van der Waals surface area contributed by atoms with E-state index in [0.717, 1.165) is 27.1 Å². The van der Waals surface area contributed by atoms with Gasteiger partial charge in [0.15, 0.2) is 5.13 Å². The number of amides is 2. The Morgan fingerprint density at radius 2 is 2.00 bits per heavy atom. The van der Waals surface area contributed by atoms with E-state index in [-0.39, 0.29) is 12.6 Å². The molecule has 12 heteroatoms. The maximum atomic E-state index is 12.4. The zero-order valence-corrected chi connectivity index (χ0v) is 22.7. The fourth-order valence-electron chi connectivity index (χ4n) is 4.68. The Bertz CT molecular complexity index is 1500. The molecule has 4 aromatic rings. The van der Waals surface area contributed by atoms with Gasteiger partial charge in [-0.3, -0.25) is 15.1 Å². The summed E-state index contributed by atoms with van der Waals surface area (Å²) in [6, 6.07) is 9.35. The van der Waals surface area contributed by atoms with Crippen LogP contribution in [-0.2, 0) is 9.53 Å². The van der Waals surface area contributed by atoms with Crippen LogP contribution in [-0.4, -0.2) is 69.9 Å². The van der Waals surface area contributed by atoms with Crippen LogP contribution in [0.2, 0.25) is 0 Å². The number of fused-ring (bicyclic) bond motifs is 1. The van der Waals surface area contributed by atoms with Gasteiger partial charge in [-0.2, -0.15) is 0 Å². The summed E-state index contributed by atoms with van der Waals surface area (Å²) in [5, 5.41) is 16.5. The monoisotopic (exact) mass is 547 g/mol. The van der Waals surface area contributed by atoms with Crippen LogP contribution in [0.1, 0.15) is 20.3 Å². The first-order valence-corrected chi connectivity index (χ1v) is 13.4. The number of urea groups is 1. The summed E-state index contributed by atoms with van der Waals surface area (Å²) in [7, 11) is 1.32. The minimum absolute atomic E-state index is 0.246. The fourth-order valence-corrected chi connectivity index (χ4v) is 5.65. The Labute approximate surface area is 229 Å². The molecule has 3 aromatic heterocycles. The molecule has 11 nitrogen and oxygen atoms in total. The van der Waals surface area contributed by atoms with Gasteiger partial charge >= 0.3 is 12.0 Å². The van der Waals surface area contributed by atoms with E-state index in [0.29, 0.717) is 36.1 Å². The van der Waals surface area contributed by atoms with E-state index in [1.54, 1.807) is 25.5 Å². The van der Waals surface area contributed by atoms with Crippen LogP contribution in [0.3, 0.4) is 0 Å². The molecule has 1 aliphatic heterocycles. The van der Waals surface area contributed by atoms with Gasteiger partial charge < -0.3 is 20.1 Å². The lowest BCUT2D eigenvalue weighted by Crippen LogP contribution is -2.55. The molecule has 0 spiro atoms. The average Bonchev–Trinajstić information content (AvgIpc) is 3.36. The number of nitrogens with one attached hydrogen (secondary N) is 2. The number of thiazole rings is 1. The number of carbonyl (C=O) groups excluding carboxylic acids is 2. The second-order valence-corrected chi connectivity index (χ2v) is 10.5. The van der Waals surface area contributed by atoms with Crippen LogP contribution in [0.15, 0.2) is 48.9 Å². The van der Waals surface area contributed by atoms with Crippen LogP contribution in [0.5, 0.6) is 0 Å². The summed E-state index contributed by atoms with van der Waals surface area (Å²) in [5.41, 5.74) is 2.93. The number of methoxy groups -OCH3 is 1. The topological polar surface area (TPSA) is 142 Å². The number of hydrogen-bond donors (Lipinski definition) is 3. The molecular weight excluding hydrogens is 518 g/mol. The number of aliphatic hydroxyl groups excluding tert-OH is 1. The van der Waals surface area contributed by atoms with Crippen molar-refractivity contribution in [2.75, 3.05) is 37.0 Å². The van der Waals surface area contributed by atoms with E-state index in [9.17, 15) is 14.7 Å². The van der Waals surface area contributed by atoms with E-state index < -0.39 is 17.5 Å². The summed E-state index contributed by atoms with van der Waals surface area (Å²) >= 11 is 1.38. The van der Waals surface area contributed by atoms with Crippen LogP contribution >= 0.6 is 11.3 Å². The van der Waals surface area contributed by atoms with Crippen LogP contribution < -0.4 is 15.5 Å². The highest BCUT2D eigenvalue weighted by Gasteiger charge is 2.46. The third-order valence-electron chi connectivity index (χ3n) is 6.82. The molecule has 0 radical (unpaired) electrons. The number of ether oxygens (including phenoxy) is 1. The van der Waals surface area contributed by atoms with Gasteiger partial charge in [0.25, 0.3) is 0 Å². The quantitative estimate of drug-likeness (QED) is 0.308. The van der Waals surface area contributed by atoms with E-state index in [4.69, 9.17) is 4.74 Å². The normalized spacial score (nSPS) is 19.1. The summed E-state index contributed by atoms with van der Waals surface area (Å²) in [4.78, 5) is 44.7. The molecule has 2 atom stereocenters. The number of anilines is 2. The lowest BCUT2D eigenvalue weighted by atomic mass is 9.79. The molecule has 1 aliphatic rings. The van der Waals surface area contributed by atoms with Crippen molar-refractivity contribution < 1.29 is 19.4 Å². The lowest BCUT2D eigenvalue weighted by Gasteiger charge is -2.41. The first-order valence-electron chi connectivity index (χ1n) is 12.6. The maximum Gasteiger partial charge on any atom is 0.321 e. The molecule has 1 aromatic carbocycles. The lowest BCUT2D eigenvalue weighted by molar-refractivity contribution is -0.159. The molecule has 1 saturated heterocycles. The maximum absolute atomic E-state index is 12.4. The van der Waals surface area contributed by atoms with Gasteiger partial charge in [0.1, 0.15) is 5.41 Å². The molecule has 0 saturated carbocycles. The van der Waals surface area contributed by atoms with Gasteiger partial charge in [0, 0.05) is 49.4 Å². The van der Waals surface area contributed by atoms with E-state index in [2.05, 4.69) is 30.6 Å². The molecule has 202 valence electrons. The van der Waals surface area contributed by atoms with Crippen molar-refractivity contribution >= 4 is 44.6 Å². The van der Waals surface area contributed by atoms with Gasteiger partial charge in [-0.15, -0.1) is 0 Å². The van der Waals surface area contributed by atoms with Crippen LogP contribution in [0.4, 0.5) is 15.9 Å². The largest absolute Gasteiger partial charge is 0.468 e. The van der Waals surface area contributed by atoms with E-state index in [1.165, 1.54) is 18.4 Å². The molecule has 0 aliphatic carbocycles. The summed E-state index contributed by atoms with van der Waals surface area (Å²) in [5.74, 6) is 0.00450. The summed E-state index contributed by atoms with van der Waals surface area (Å²) < 4.78 is 5.84. The average molecular weight is 548 g/mol. The molecule has 1 fully saturated rings. The third-order valence-corrected chi connectivity index (χ3v) is 7.84. The van der Waals surface area contributed by atoms with E-state index in [1.807, 2.05) is 42.2 Å². The molecule has 5 rings (SSSR count). The molecule has 4 heterocycles. The molecule has 39 heavy (non-hydrogen) atoms. The SMILES string of the molecule is CCNC(=O)Nc1nc2cc(-c3cnc(N4CCC(O)C(C)(C(=O)OC)C4)nc3)cc(-c3ccccn3)c2s1. The molecular formula is C27H29N7O4S. The van der Waals surface area contributed by atoms with Crippen molar-refractivity contribution in [3.8, 4) is 22.4 Å². The first kappa shape index (κ1) is 26.4. The van der Waals surface area contributed by atoms with Gasteiger partial charge in [0.2, 0.25) is 5.95 Å². The molecule has 2 amide bonds. The van der Waals surface area contributed by atoms with Crippen LogP contribution in [0.25, 0.3) is 32.6 Å². The number of nitrogens with zero attached hydrogens (tertiary/aromatic N) is 5. The van der Waals surface area contributed by atoms with Crippen LogP contribution in [0, 0.1) is 5.41 Å². The van der Waals surface area contributed by atoms with Crippen molar-refractivity contribution in [3.05, 3.63) is 48.9 Å². The molecule has 2 unspecified atom stereocenters. The van der Waals surface area contributed by atoms with Gasteiger partial charge in [-0.1, -0.05) is 17.4 Å². The predicted molar refractivity (Wildman–Crippen MR) is 150 cm³/mol. The number of hydrogen-bond acceptors (Lipinski definition) is 10. The number of benzene rings is 1. The zero-order valence-electron chi connectivity index (χ0n) is 21.8. The van der Waals surface area contributed by atoms with Gasteiger partial charge in [-0.25, -0.2) is 19.7 Å². The molecule has 3 N–H and O–H groups in total. The number of rotatable bonds is 6. The second kappa shape index (κ2) is 10.9.